The monoisotopic (exact) mass is 467 g/mol. The highest BCUT2D eigenvalue weighted by Crippen LogP contribution is 2.21. The Balaban J connectivity index is 1.24. The van der Waals surface area contributed by atoms with Crippen LogP contribution in [0.3, 0.4) is 0 Å². The molecule has 1 N–H and O–H groups in total. The molecule has 0 radical (unpaired) electrons. The number of aryl methyl sites for hydroxylation is 1. The molecule has 0 spiro atoms. The number of benzene rings is 3. The van der Waals surface area contributed by atoms with E-state index in [4.69, 9.17) is 0 Å². The van der Waals surface area contributed by atoms with Crippen molar-refractivity contribution < 1.29 is 4.79 Å². The lowest BCUT2D eigenvalue weighted by Crippen LogP contribution is -2.45. The van der Waals surface area contributed by atoms with E-state index < -0.39 is 0 Å². The van der Waals surface area contributed by atoms with Crippen LogP contribution < -0.4 is 15.8 Å². The molecule has 4 aromatic rings. The molecule has 0 bridgehead atoms. The van der Waals surface area contributed by atoms with Gasteiger partial charge < -0.3 is 10.2 Å². The molecule has 0 unspecified atom stereocenters. The van der Waals surface area contributed by atoms with Crippen LogP contribution in [0.4, 0.5) is 11.4 Å². The second kappa shape index (κ2) is 10.1. The van der Waals surface area contributed by atoms with Gasteiger partial charge in [-0.2, -0.15) is 5.10 Å². The fourth-order valence-corrected chi connectivity index (χ4v) is 4.57. The summed E-state index contributed by atoms with van der Waals surface area (Å²) in [6.07, 6.45) is 0. The summed E-state index contributed by atoms with van der Waals surface area (Å²) in [6.45, 7) is 7.18. The minimum absolute atomic E-state index is 0.187. The van der Waals surface area contributed by atoms with Crippen molar-refractivity contribution in [1.29, 1.82) is 0 Å². The second-order valence-corrected chi connectivity index (χ2v) is 8.76. The summed E-state index contributed by atoms with van der Waals surface area (Å²) in [6, 6.07) is 25.6. The lowest BCUT2D eigenvalue weighted by molar-refractivity contribution is 0.102. The van der Waals surface area contributed by atoms with Gasteiger partial charge in [-0.3, -0.25) is 14.5 Å². The van der Waals surface area contributed by atoms with Crippen molar-refractivity contribution in [3.05, 3.63) is 100 Å². The van der Waals surface area contributed by atoms with E-state index in [0.717, 1.165) is 38.4 Å². The van der Waals surface area contributed by atoms with E-state index in [2.05, 4.69) is 50.5 Å². The molecular formula is C28H29N5O2. The predicted molar refractivity (Wildman–Crippen MR) is 140 cm³/mol. The van der Waals surface area contributed by atoms with Crippen LogP contribution in [0.5, 0.6) is 0 Å². The number of anilines is 2. The topological polar surface area (TPSA) is 70.5 Å². The van der Waals surface area contributed by atoms with Crippen molar-refractivity contribution in [1.82, 2.24) is 14.7 Å². The quantitative estimate of drug-likeness (QED) is 0.464. The summed E-state index contributed by atoms with van der Waals surface area (Å²) in [5.41, 5.74) is 3.25. The second-order valence-electron chi connectivity index (χ2n) is 8.76. The minimum atomic E-state index is -0.328. The number of hydrogen-bond donors (Lipinski definition) is 1. The van der Waals surface area contributed by atoms with Gasteiger partial charge in [0.05, 0.1) is 5.39 Å². The van der Waals surface area contributed by atoms with Gasteiger partial charge in [0.25, 0.3) is 11.5 Å². The van der Waals surface area contributed by atoms with E-state index in [1.807, 2.05) is 37.3 Å². The van der Waals surface area contributed by atoms with Crippen molar-refractivity contribution >= 4 is 28.1 Å². The predicted octanol–water partition coefficient (Wildman–Crippen LogP) is 3.99. The zero-order valence-corrected chi connectivity index (χ0v) is 19.9. The summed E-state index contributed by atoms with van der Waals surface area (Å²) in [5.74, 6) is -0.328. The highest BCUT2D eigenvalue weighted by Gasteiger charge is 2.19. The number of hydrogen-bond acceptors (Lipinski definition) is 5. The summed E-state index contributed by atoms with van der Waals surface area (Å²) in [4.78, 5) is 30.5. The first-order chi connectivity index (χ1) is 17.1. The third-order valence-corrected chi connectivity index (χ3v) is 6.49. The van der Waals surface area contributed by atoms with Gasteiger partial charge in [-0.25, -0.2) is 4.68 Å². The van der Waals surface area contributed by atoms with Gasteiger partial charge in [-0.1, -0.05) is 48.5 Å². The smallest absolute Gasteiger partial charge is 0.276 e. The lowest BCUT2D eigenvalue weighted by atomic mass is 10.1. The molecule has 1 aliphatic rings. The van der Waals surface area contributed by atoms with Crippen LogP contribution >= 0.6 is 0 Å². The largest absolute Gasteiger partial charge is 0.369 e. The summed E-state index contributed by atoms with van der Waals surface area (Å²) in [5, 5.41) is 8.32. The van der Waals surface area contributed by atoms with Crippen LogP contribution in [0.2, 0.25) is 0 Å². The highest BCUT2D eigenvalue weighted by atomic mass is 16.2. The van der Waals surface area contributed by atoms with Gasteiger partial charge in [-0.15, -0.1) is 0 Å². The summed E-state index contributed by atoms with van der Waals surface area (Å²) >= 11 is 0. The fourth-order valence-electron chi connectivity index (χ4n) is 4.57. The molecule has 0 saturated carbocycles. The molecule has 7 heteroatoms. The first-order valence-electron chi connectivity index (χ1n) is 12.0. The van der Waals surface area contributed by atoms with Crippen molar-refractivity contribution in [3.63, 3.8) is 0 Å². The van der Waals surface area contributed by atoms with Crippen LogP contribution in [0.1, 0.15) is 23.0 Å². The Kier molecular flexibility index (Phi) is 6.59. The number of carbonyl (C=O) groups is 1. The molecule has 7 nitrogen and oxygen atoms in total. The lowest BCUT2D eigenvalue weighted by Gasteiger charge is -2.36. The van der Waals surface area contributed by atoms with Crippen molar-refractivity contribution in [2.75, 3.05) is 36.4 Å². The van der Waals surface area contributed by atoms with Crippen LogP contribution in [0, 0.1) is 0 Å². The van der Waals surface area contributed by atoms with Crippen LogP contribution in [0.15, 0.2) is 83.7 Å². The summed E-state index contributed by atoms with van der Waals surface area (Å²) < 4.78 is 1.33. The van der Waals surface area contributed by atoms with Crippen molar-refractivity contribution in [2.45, 2.75) is 20.0 Å². The highest BCUT2D eigenvalue weighted by molar-refractivity contribution is 6.11. The Morgan fingerprint density at radius 2 is 1.51 bits per heavy atom. The van der Waals surface area contributed by atoms with Gasteiger partial charge in [0.1, 0.15) is 0 Å². The Morgan fingerprint density at radius 3 is 2.20 bits per heavy atom. The molecule has 1 aromatic heterocycles. The van der Waals surface area contributed by atoms with E-state index >= 15 is 0 Å². The first-order valence-corrected chi connectivity index (χ1v) is 12.0. The molecule has 0 atom stereocenters. The third-order valence-electron chi connectivity index (χ3n) is 6.49. The summed E-state index contributed by atoms with van der Waals surface area (Å²) in [7, 11) is 0. The van der Waals surface area contributed by atoms with Gasteiger partial charge in [-0.05, 0) is 42.8 Å². The van der Waals surface area contributed by atoms with Gasteiger partial charge in [0.15, 0.2) is 5.69 Å². The maximum Gasteiger partial charge on any atom is 0.276 e. The Morgan fingerprint density at radius 1 is 0.857 bits per heavy atom. The third kappa shape index (κ3) is 4.95. The van der Waals surface area contributed by atoms with E-state index in [1.54, 1.807) is 18.2 Å². The zero-order valence-electron chi connectivity index (χ0n) is 19.9. The number of nitrogens with one attached hydrogen (secondary N) is 1. The molecule has 3 aromatic carbocycles. The van der Waals surface area contributed by atoms with Gasteiger partial charge in [0.2, 0.25) is 0 Å². The maximum atomic E-state index is 13.1. The van der Waals surface area contributed by atoms with Gasteiger partial charge in [0, 0.05) is 56.0 Å². The van der Waals surface area contributed by atoms with Crippen LogP contribution in [-0.4, -0.2) is 46.8 Å². The number of rotatable bonds is 6. The average molecular weight is 468 g/mol. The zero-order chi connectivity index (χ0) is 24.2. The van der Waals surface area contributed by atoms with Crippen LogP contribution in [-0.2, 0) is 13.1 Å². The molecule has 2 heterocycles. The Bertz CT molecular complexity index is 1370. The molecular weight excluding hydrogens is 438 g/mol. The molecule has 1 aliphatic heterocycles. The van der Waals surface area contributed by atoms with Crippen molar-refractivity contribution in [3.8, 4) is 0 Å². The Hall–Kier alpha value is -3.97. The molecule has 1 fully saturated rings. The molecule has 1 amide bonds. The molecule has 0 aliphatic carbocycles. The Labute approximate surface area is 204 Å². The van der Waals surface area contributed by atoms with Gasteiger partial charge >= 0.3 is 0 Å². The molecule has 1 saturated heterocycles. The SMILES string of the molecule is CCn1nc(C(=O)Nc2ccc(N3CCN(Cc4ccccc4)CC3)cc2)c2ccccc2c1=O. The van der Waals surface area contributed by atoms with Crippen molar-refractivity contribution in [2.24, 2.45) is 0 Å². The van der Waals surface area contributed by atoms with E-state index in [-0.39, 0.29) is 17.2 Å². The van der Waals surface area contributed by atoms with E-state index in [9.17, 15) is 9.59 Å². The maximum absolute atomic E-state index is 13.1. The number of amides is 1. The molecule has 178 valence electrons. The normalized spacial score (nSPS) is 14.3. The number of piperazine rings is 1. The van der Waals surface area contributed by atoms with E-state index in [0.29, 0.717) is 23.0 Å². The standard InChI is InChI=1S/C28H29N5O2/c1-2-33-28(35)25-11-7-6-10-24(25)26(30-33)27(34)29-22-12-14-23(15-13-22)32-18-16-31(17-19-32)20-21-8-4-3-5-9-21/h3-15H,2,16-20H2,1H3,(H,29,34). The number of aromatic nitrogens is 2. The number of nitrogens with zero attached hydrogens (tertiary/aromatic N) is 4. The molecule has 5 rings (SSSR count). The number of fused-ring (bicyclic) bond motifs is 1. The van der Waals surface area contributed by atoms with E-state index in [1.165, 1.54) is 10.2 Å². The molecule has 35 heavy (non-hydrogen) atoms. The fraction of sp³-hybridized carbons (Fsp3) is 0.250. The first kappa shape index (κ1) is 22.8. The average Bonchev–Trinajstić information content (AvgIpc) is 2.90. The number of carbonyl (C=O) groups excluding carboxylic acids is 1. The van der Waals surface area contributed by atoms with Crippen LogP contribution in [0.25, 0.3) is 10.8 Å². The minimum Gasteiger partial charge on any atom is -0.369 e.